The van der Waals surface area contributed by atoms with Crippen LogP contribution in [0.15, 0.2) is 12.7 Å². The first-order chi connectivity index (χ1) is 7.19. The van der Waals surface area contributed by atoms with Crippen LogP contribution in [0, 0.1) is 5.92 Å². The molecule has 1 aliphatic rings. The standard InChI is InChI=1S/C12H22N2O/c1-3-5-11(13)12(15)14(8-4-2)9-10-6-7-10/h3,10-11H,1,4-9,13H2,2H3. The Morgan fingerprint density at radius 1 is 1.67 bits per heavy atom. The summed E-state index contributed by atoms with van der Waals surface area (Å²) in [6, 6.07) is -0.396. The summed E-state index contributed by atoms with van der Waals surface area (Å²) in [6.45, 7) is 7.43. The lowest BCUT2D eigenvalue weighted by molar-refractivity contribution is -0.132. The maximum absolute atomic E-state index is 11.9. The monoisotopic (exact) mass is 210 g/mol. The third-order valence-electron chi connectivity index (χ3n) is 2.72. The summed E-state index contributed by atoms with van der Waals surface area (Å²) in [5, 5.41) is 0. The zero-order chi connectivity index (χ0) is 11.3. The first-order valence-electron chi connectivity index (χ1n) is 5.84. The Labute approximate surface area is 92.3 Å². The van der Waals surface area contributed by atoms with Crippen LogP contribution in [-0.4, -0.2) is 29.9 Å². The largest absolute Gasteiger partial charge is 0.341 e. The van der Waals surface area contributed by atoms with Crippen molar-refractivity contribution in [2.45, 2.75) is 38.6 Å². The molecule has 1 amide bonds. The molecular formula is C12H22N2O. The average Bonchev–Trinajstić information content (AvgIpc) is 3.00. The van der Waals surface area contributed by atoms with Gasteiger partial charge in [0, 0.05) is 13.1 Å². The lowest BCUT2D eigenvalue weighted by Gasteiger charge is -2.24. The molecule has 2 N–H and O–H groups in total. The van der Waals surface area contributed by atoms with Gasteiger partial charge in [0.1, 0.15) is 0 Å². The van der Waals surface area contributed by atoms with E-state index >= 15 is 0 Å². The first-order valence-corrected chi connectivity index (χ1v) is 5.84. The maximum atomic E-state index is 11.9. The number of carbonyl (C=O) groups is 1. The lowest BCUT2D eigenvalue weighted by Crippen LogP contribution is -2.44. The van der Waals surface area contributed by atoms with E-state index < -0.39 is 6.04 Å². The molecule has 0 aromatic rings. The SMILES string of the molecule is C=CCC(N)C(=O)N(CCC)CC1CC1. The first kappa shape index (κ1) is 12.2. The van der Waals surface area contributed by atoms with Crippen molar-refractivity contribution in [2.24, 2.45) is 11.7 Å². The van der Waals surface area contributed by atoms with Crippen molar-refractivity contribution in [1.82, 2.24) is 4.90 Å². The van der Waals surface area contributed by atoms with Gasteiger partial charge in [0.25, 0.3) is 0 Å². The third-order valence-corrected chi connectivity index (χ3v) is 2.72. The van der Waals surface area contributed by atoms with Gasteiger partial charge in [0.15, 0.2) is 0 Å². The highest BCUT2D eigenvalue weighted by molar-refractivity contribution is 5.81. The Morgan fingerprint density at radius 2 is 2.33 bits per heavy atom. The van der Waals surface area contributed by atoms with Crippen molar-refractivity contribution in [1.29, 1.82) is 0 Å². The molecule has 0 heterocycles. The van der Waals surface area contributed by atoms with Crippen LogP contribution in [0.4, 0.5) is 0 Å². The predicted molar refractivity (Wildman–Crippen MR) is 62.4 cm³/mol. The van der Waals surface area contributed by atoms with Crippen molar-refractivity contribution in [3.8, 4) is 0 Å². The van der Waals surface area contributed by atoms with E-state index in [1.165, 1.54) is 12.8 Å². The predicted octanol–water partition coefficient (Wildman–Crippen LogP) is 1.54. The van der Waals surface area contributed by atoms with E-state index in [-0.39, 0.29) is 5.91 Å². The van der Waals surface area contributed by atoms with E-state index in [4.69, 9.17) is 5.73 Å². The number of hydrogen-bond donors (Lipinski definition) is 1. The van der Waals surface area contributed by atoms with E-state index in [1.807, 2.05) is 4.90 Å². The molecule has 1 atom stereocenters. The summed E-state index contributed by atoms with van der Waals surface area (Å²) in [7, 11) is 0. The molecule has 0 bridgehead atoms. The molecule has 0 radical (unpaired) electrons. The fourth-order valence-electron chi connectivity index (χ4n) is 1.69. The van der Waals surface area contributed by atoms with Gasteiger partial charge in [-0.1, -0.05) is 13.0 Å². The molecule has 0 aromatic heterocycles. The number of nitrogens with two attached hydrogens (primary N) is 1. The Balaban J connectivity index is 2.44. The van der Waals surface area contributed by atoms with Crippen LogP contribution in [0.2, 0.25) is 0 Å². The van der Waals surface area contributed by atoms with Crippen LogP contribution in [0.3, 0.4) is 0 Å². The highest BCUT2D eigenvalue weighted by Gasteiger charge is 2.28. The molecule has 1 saturated carbocycles. The Bertz CT molecular complexity index is 224. The minimum atomic E-state index is -0.396. The minimum Gasteiger partial charge on any atom is -0.341 e. The second-order valence-electron chi connectivity index (χ2n) is 4.36. The van der Waals surface area contributed by atoms with E-state index in [1.54, 1.807) is 6.08 Å². The summed E-state index contributed by atoms with van der Waals surface area (Å²) in [4.78, 5) is 13.9. The molecular weight excluding hydrogens is 188 g/mol. The number of rotatable bonds is 7. The second-order valence-corrected chi connectivity index (χ2v) is 4.36. The smallest absolute Gasteiger partial charge is 0.239 e. The van der Waals surface area contributed by atoms with Crippen LogP contribution in [0.1, 0.15) is 32.6 Å². The van der Waals surface area contributed by atoms with E-state index in [0.29, 0.717) is 6.42 Å². The minimum absolute atomic E-state index is 0.0867. The van der Waals surface area contributed by atoms with Crippen molar-refractivity contribution < 1.29 is 4.79 Å². The van der Waals surface area contributed by atoms with Gasteiger partial charge in [0.2, 0.25) is 5.91 Å². The fraction of sp³-hybridized carbons (Fsp3) is 0.750. The molecule has 15 heavy (non-hydrogen) atoms. The topological polar surface area (TPSA) is 46.3 Å². The van der Waals surface area contributed by atoms with Crippen molar-refractivity contribution >= 4 is 5.91 Å². The lowest BCUT2D eigenvalue weighted by atomic mass is 10.2. The van der Waals surface area contributed by atoms with Gasteiger partial charge in [-0.15, -0.1) is 6.58 Å². The van der Waals surface area contributed by atoms with Crippen LogP contribution < -0.4 is 5.73 Å². The quantitative estimate of drug-likeness (QED) is 0.648. The Morgan fingerprint density at radius 3 is 2.80 bits per heavy atom. The van der Waals surface area contributed by atoms with Crippen LogP contribution in [0.25, 0.3) is 0 Å². The van der Waals surface area contributed by atoms with Crippen LogP contribution in [0.5, 0.6) is 0 Å². The van der Waals surface area contributed by atoms with E-state index in [2.05, 4.69) is 13.5 Å². The molecule has 86 valence electrons. The molecule has 1 aliphatic carbocycles. The van der Waals surface area contributed by atoms with Crippen LogP contribution >= 0.6 is 0 Å². The van der Waals surface area contributed by atoms with Gasteiger partial charge in [-0.05, 0) is 31.6 Å². The Kier molecular flexibility index (Phi) is 4.82. The number of amides is 1. The second kappa shape index (κ2) is 5.91. The molecule has 0 aromatic carbocycles. The van der Waals surface area contributed by atoms with E-state index in [9.17, 15) is 4.79 Å². The molecule has 1 unspecified atom stereocenters. The highest BCUT2D eigenvalue weighted by atomic mass is 16.2. The van der Waals surface area contributed by atoms with Gasteiger partial charge in [-0.2, -0.15) is 0 Å². The summed E-state index contributed by atoms with van der Waals surface area (Å²) in [5.74, 6) is 0.820. The molecule has 0 aliphatic heterocycles. The number of nitrogens with zero attached hydrogens (tertiary/aromatic N) is 1. The molecule has 3 heteroatoms. The van der Waals surface area contributed by atoms with Crippen molar-refractivity contribution in [3.05, 3.63) is 12.7 Å². The highest BCUT2D eigenvalue weighted by Crippen LogP contribution is 2.29. The van der Waals surface area contributed by atoms with Gasteiger partial charge in [0.05, 0.1) is 6.04 Å². The van der Waals surface area contributed by atoms with Gasteiger partial charge < -0.3 is 10.6 Å². The average molecular weight is 210 g/mol. The maximum Gasteiger partial charge on any atom is 0.239 e. The van der Waals surface area contributed by atoms with Gasteiger partial charge >= 0.3 is 0 Å². The summed E-state index contributed by atoms with van der Waals surface area (Å²) >= 11 is 0. The number of hydrogen-bond acceptors (Lipinski definition) is 2. The third kappa shape index (κ3) is 4.04. The molecule has 3 nitrogen and oxygen atoms in total. The zero-order valence-electron chi connectivity index (χ0n) is 9.61. The molecule has 1 fully saturated rings. The van der Waals surface area contributed by atoms with Gasteiger partial charge in [-0.25, -0.2) is 0 Å². The van der Waals surface area contributed by atoms with Gasteiger partial charge in [-0.3, -0.25) is 4.79 Å². The summed E-state index contributed by atoms with van der Waals surface area (Å²) < 4.78 is 0. The Hall–Kier alpha value is -0.830. The normalized spacial score (nSPS) is 17.2. The zero-order valence-corrected chi connectivity index (χ0v) is 9.61. The van der Waals surface area contributed by atoms with Crippen molar-refractivity contribution in [2.75, 3.05) is 13.1 Å². The van der Waals surface area contributed by atoms with E-state index in [0.717, 1.165) is 25.4 Å². The molecule has 1 rings (SSSR count). The summed E-state index contributed by atoms with van der Waals surface area (Å²) in [6.07, 6.45) is 5.82. The fourth-order valence-corrected chi connectivity index (χ4v) is 1.69. The van der Waals surface area contributed by atoms with Crippen molar-refractivity contribution in [3.63, 3.8) is 0 Å². The van der Waals surface area contributed by atoms with Crippen LogP contribution in [-0.2, 0) is 4.79 Å². The summed E-state index contributed by atoms with van der Waals surface area (Å²) in [5.41, 5.74) is 5.79. The number of carbonyl (C=O) groups excluding carboxylic acids is 1. The molecule has 0 saturated heterocycles. The molecule has 0 spiro atoms.